The van der Waals surface area contributed by atoms with E-state index in [9.17, 15) is 9.59 Å². The van der Waals surface area contributed by atoms with Gasteiger partial charge in [-0.05, 0) is 42.8 Å². The van der Waals surface area contributed by atoms with E-state index in [4.69, 9.17) is 10.00 Å². The highest BCUT2D eigenvalue weighted by molar-refractivity contribution is 6.01. The van der Waals surface area contributed by atoms with Crippen molar-refractivity contribution in [2.75, 3.05) is 28.7 Å². The van der Waals surface area contributed by atoms with Crippen molar-refractivity contribution in [3.8, 4) is 11.8 Å². The second-order valence-electron chi connectivity index (χ2n) is 6.18. The van der Waals surface area contributed by atoms with Gasteiger partial charge in [0.2, 0.25) is 5.91 Å². The maximum atomic E-state index is 12.7. The fraction of sp³-hybridized carbons (Fsp3) is 0.211. The van der Waals surface area contributed by atoms with Crippen molar-refractivity contribution >= 4 is 28.9 Å². The first-order valence-electron chi connectivity index (χ1n) is 8.29. The third-order valence-electron chi connectivity index (χ3n) is 4.47. The highest BCUT2D eigenvalue weighted by atomic mass is 16.5. The number of nitriles is 1. The molecular weight excluding hydrogens is 332 g/mol. The number of hydrogen-bond donors (Lipinski definition) is 2. The van der Waals surface area contributed by atoms with Gasteiger partial charge < -0.3 is 20.3 Å². The lowest BCUT2D eigenvalue weighted by Crippen LogP contribution is -2.33. The standard InChI is InChI=1S/C19H16N4O3/c20-10-12-1-4-14(5-2-12)23-8-7-16(19(23)25)21-13-3-6-15-17(9-13)26-11-18(24)22-15/h1-6,9,16,21H,7-8,11H2,(H,22,24)/t16-/m1/s1. The van der Waals surface area contributed by atoms with E-state index in [0.717, 1.165) is 11.4 Å². The molecule has 2 aliphatic rings. The lowest BCUT2D eigenvalue weighted by molar-refractivity contribution is -0.119. The zero-order chi connectivity index (χ0) is 18.1. The Labute approximate surface area is 150 Å². The van der Waals surface area contributed by atoms with Gasteiger partial charge in [-0.25, -0.2) is 0 Å². The van der Waals surface area contributed by atoms with Crippen LogP contribution in [0, 0.1) is 11.3 Å². The van der Waals surface area contributed by atoms with E-state index < -0.39 is 0 Å². The molecule has 2 aromatic rings. The van der Waals surface area contributed by atoms with Gasteiger partial charge in [0.1, 0.15) is 11.8 Å². The number of carbonyl (C=O) groups is 2. The SMILES string of the molecule is N#Cc1ccc(N2CC[C@@H](Nc3ccc4c(c3)OCC(=O)N4)C2=O)cc1. The second kappa shape index (κ2) is 6.41. The number of hydrogen-bond acceptors (Lipinski definition) is 5. The molecule has 7 nitrogen and oxygen atoms in total. The topological polar surface area (TPSA) is 94.5 Å². The lowest BCUT2D eigenvalue weighted by atomic mass is 10.2. The third-order valence-corrected chi connectivity index (χ3v) is 4.47. The molecule has 7 heteroatoms. The van der Waals surface area contributed by atoms with E-state index in [1.807, 2.05) is 6.07 Å². The van der Waals surface area contributed by atoms with Crippen LogP contribution in [-0.2, 0) is 9.59 Å². The Morgan fingerprint density at radius 2 is 2.00 bits per heavy atom. The van der Waals surface area contributed by atoms with Crippen LogP contribution in [0.15, 0.2) is 42.5 Å². The summed E-state index contributed by atoms with van der Waals surface area (Å²) in [6.45, 7) is 0.602. The van der Waals surface area contributed by atoms with Crippen molar-refractivity contribution in [1.29, 1.82) is 5.26 Å². The molecule has 1 saturated heterocycles. The van der Waals surface area contributed by atoms with Crippen molar-refractivity contribution in [3.63, 3.8) is 0 Å². The molecule has 4 rings (SSSR count). The number of benzene rings is 2. The van der Waals surface area contributed by atoms with Crippen LogP contribution in [0.3, 0.4) is 0 Å². The van der Waals surface area contributed by atoms with Gasteiger partial charge in [-0.3, -0.25) is 9.59 Å². The Kier molecular flexibility index (Phi) is 3.93. The predicted molar refractivity (Wildman–Crippen MR) is 96.1 cm³/mol. The van der Waals surface area contributed by atoms with Crippen LogP contribution < -0.4 is 20.3 Å². The van der Waals surface area contributed by atoms with Crippen molar-refractivity contribution < 1.29 is 14.3 Å². The summed E-state index contributed by atoms with van der Waals surface area (Å²) in [4.78, 5) is 25.7. The predicted octanol–water partition coefficient (Wildman–Crippen LogP) is 2.11. The summed E-state index contributed by atoms with van der Waals surface area (Å²) in [6, 6.07) is 14.1. The van der Waals surface area contributed by atoms with Crippen LogP contribution in [0.4, 0.5) is 17.1 Å². The molecule has 0 bridgehead atoms. The summed E-state index contributed by atoms with van der Waals surface area (Å²) < 4.78 is 5.41. The molecule has 2 N–H and O–H groups in total. The number of nitrogens with one attached hydrogen (secondary N) is 2. The van der Waals surface area contributed by atoms with Gasteiger partial charge in [0.05, 0.1) is 17.3 Å². The van der Waals surface area contributed by atoms with Gasteiger partial charge in [-0.1, -0.05) is 0 Å². The molecule has 2 amide bonds. The number of ether oxygens (including phenoxy) is 1. The smallest absolute Gasteiger partial charge is 0.262 e. The molecule has 2 heterocycles. The van der Waals surface area contributed by atoms with Crippen molar-refractivity contribution in [2.45, 2.75) is 12.5 Å². The molecule has 26 heavy (non-hydrogen) atoms. The molecule has 2 aromatic carbocycles. The molecule has 1 fully saturated rings. The number of carbonyl (C=O) groups excluding carboxylic acids is 2. The summed E-state index contributed by atoms with van der Waals surface area (Å²) in [7, 11) is 0. The van der Waals surface area contributed by atoms with Crippen molar-refractivity contribution in [3.05, 3.63) is 48.0 Å². The number of rotatable bonds is 3. The number of anilines is 3. The molecule has 0 saturated carbocycles. The van der Waals surface area contributed by atoms with E-state index in [-0.39, 0.29) is 24.5 Å². The zero-order valence-electron chi connectivity index (χ0n) is 13.9. The van der Waals surface area contributed by atoms with E-state index in [1.54, 1.807) is 41.3 Å². The molecule has 0 aliphatic carbocycles. The van der Waals surface area contributed by atoms with Crippen LogP contribution in [0.1, 0.15) is 12.0 Å². The Morgan fingerprint density at radius 3 is 2.77 bits per heavy atom. The normalized spacial score (nSPS) is 18.6. The minimum atomic E-state index is -0.332. The Hall–Kier alpha value is -3.53. The van der Waals surface area contributed by atoms with Crippen LogP contribution in [-0.4, -0.2) is 31.0 Å². The average Bonchev–Trinajstić information content (AvgIpc) is 3.02. The molecule has 0 aromatic heterocycles. The number of amides is 2. The minimum Gasteiger partial charge on any atom is -0.482 e. The van der Waals surface area contributed by atoms with Gasteiger partial charge >= 0.3 is 0 Å². The number of nitrogens with zero attached hydrogens (tertiary/aromatic N) is 2. The summed E-state index contributed by atoms with van der Waals surface area (Å²) >= 11 is 0. The highest BCUT2D eigenvalue weighted by Crippen LogP contribution is 2.32. The highest BCUT2D eigenvalue weighted by Gasteiger charge is 2.32. The lowest BCUT2D eigenvalue weighted by Gasteiger charge is -2.20. The van der Waals surface area contributed by atoms with E-state index in [2.05, 4.69) is 16.7 Å². The Balaban J connectivity index is 1.47. The molecule has 130 valence electrons. The first-order chi connectivity index (χ1) is 12.6. The minimum absolute atomic E-state index is 0.00865. The second-order valence-corrected chi connectivity index (χ2v) is 6.18. The molecular formula is C19H16N4O3. The monoisotopic (exact) mass is 348 g/mol. The summed E-state index contributed by atoms with van der Waals surface area (Å²) in [5.74, 6) is 0.396. The van der Waals surface area contributed by atoms with Gasteiger partial charge in [0, 0.05) is 24.0 Å². The maximum absolute atomic E-state index is 12.7. The van der Waals surface area contributed by atoms with Crippen molar-refractivity contribution in [1.82, 2.24) is 0 Å². The Morgan fingerprint density at radius 1 is 1.19 bits per heavy atom. The fourth-order valence-corrected chi connectivity index (χ4v) is 3.15. The zero-order valence-corrected chi connectivity index (χ0v) is 13.9. The quantitative estimate of drug-likeness (QED) is 0.886. The molecule has 0 radical (unpaired) electrons. The van der Waals surface area contributed by atoms with E-state index in [1.165, 1.54) is 0 Å². The van der Waals surface area contributed by atoms with Crippen LogP contribution >= 0.6 is 0 Å². The molecule has 0 spiro atoms. The molecule has 1 atom stereocenters. The maximum Gasteiger partial charge on any atom is 0.262 e. The first kappa shape index (κ1) is 16.0. The summed E-state index contributed by atoms with van der Waals surface area (Å²) in [5, 5.41) is 14.9. The van der Waals surface area contributed by atoms with Gasteiger partial charge in [0.15, 0.2) is 6.61 Å². The van der Waals surface area contributed by atoms with E-state index in [0.29, 0.717) is 30.0 Å². The largest absolute Gasteiger partial charge is 0.482 e. The van der Waals surface area contributed by atoms with Crippen LogP contribution in [0.2, 0.25) is 0 Å². The number of fused-ring (bicyclic) bond motifs is 1. The summed E-state index contributed by atoms with van der Waals surface area (Å²) in [6.07, 6.45) is 0.674. The van der Waals surface area contributed by atoms with Gasteiger partial charge in [0.25, 0.3) is 5.91 Å². The summed E-state index contributed by atoms with van der Waals surface area (Å²) in [5.41, 5.74) is 2.75. The van der Waals surface area contributed by atoms with Gasteiger partial charge in [-0.15, -0.1) is 0 Å². The van der Waals surface area contributed by atoms with Crippen molar-refractivity contribution in [2.24, 2.45) is 0 Å². The van der Waals surface area contributed by atoms with Crippen LogP contribution in [0.25, 0.3) is 0 Å². The average molecular weight is 348 g/mol. The fourth-order valence-electron chi connectivity index (χ4n) is 3.15. The Bertz CT molecular complexity index is 917. The first-order valence-corrected chi connectivity index (χ1v) is 8.29. The van der Waals surface area contributed by atoms with Gasteiger partial charge in [-0.2, -0.15) is 5.26 Å². The van der Waals surface area contributed by atoms with Crippen LogP contribution in [0.5, 0.6) is 5.75 Å². The third kappa shape index (κ3) is 2.93. The van der Waals surface area contributed by atoms with E-state index >= 15 is 0 Å². The molecule has 2 aliphatic heterocycles. The molecule has 0 unspecified atom stereocenters.